The number of ether oxygens (including phenoxy) is 1. The smallest absolute Gasteiger partial charge is 0.407 e. The largest absolute Gasteiger partial charge is 0.444 e. The van der Waals surface area contributed by atoms with Gasteiger partial charge in [0, 0.05) is 5.92 Å². The van der Waals surface area contributed by atoms with E-state index in [0.717, 1.165) is 11.1 Å². The van der Waals surface area contributed by atoms with Crippen molar-refractivity contribution in [1.82, 2.24) is 25.8 Å². The van der Waals surface area contributed by atoms with Crippen LogP contribution in [-0.4, -0.2) is 50.0 Å². The number of aromatic nitrogens is 3. The Kier molecular flexibility index (Phi) is 10.6. The third kappa shape index (κ3) is 9.83. The average Bonchev–Trinajstić information content (AvgIpc) is 3.41. The molecule has 9 heteroatoms. The van der Waals surface area contributed by atoms with Crippen LogP contribution in [0, 0.1) is 11.8 Å². The number of amides is 2. The highest BCUT2D eigenvalue weighted by Crippen LogP contribution is 2.23. The molecule has 3 rings (SSSR count). The highest BCUT2D eigenvalue weighted by Gasteiger charge is 2.32. The van der Waals surface area contributed by atoms with Gasteiger partial charge in [-0.1, -0.05) is 74.5 Å². The van der Waals surface area contributed by atoms with Crippen LogP contribution in [0.25, 0.3) is 0 Å². The van der Waals surface area contributed by atoms with Gasteiger partial charge in [0.05, 0.1) is 18.2 Å². The first-order valence-corrected chi connectivity index (χ1v) is 13.4. The first-order chi connectivity index (χ1) is 18.5. The minimum Gasteiger partial charge on any atom is -0.444 e. The molecule has 0 spiro atoms. The van der Waals surface area contributed by atoms with Crippen LogP contribution >= 0.6 is 0 Å². The lowest BCUT2D eigenvalue weighted by atomic mass is 9.88. The summed E-state index contributed by atoms with van der Waals surface area (Å²) in [7, 11) is 0. The molecule has 1 aromatic heterocycles. The van der Waals surface area contributed by atoms with Gasteiger partial charge >= 0.3 is 6.09 Å². The number of hydrogen-bond donors (Lipinski definition) is 4. The number of carbonyl (C=O) groups excluding carboxylic acids is 2. The zero-order valence-corrected chi connectivity index (χ0v) is 23.4. The highest BCUT2D eigenvalue weighted by molar-refractivity contribution is 5.79. The summed E-state index contributed by atoms with van der Waals surface area (Å²) in [5.41, 5.74) is 1.24. The Morgan fingerprint density at radius 1 is 0.949 bits per heavy atom. The number of aliphatic hydroxyl groups excluding tert-OH is 1. The molecule has 0 unspecified atom stereocenters. The molecule has 9 nitrogen and oxygen atoms in total. The molecule has 0 saturated carbocycles. The number of benzene rings is 2. The normalized spacial score (nSPS) is 14.7. The van der Waals surface area contributed by atoms with E-state index < -0.39 is 29.8 Å². The van der Waals surface area contributed by atoms with E-state index in [9.17, 15) is 14.7 Å². The molecule has 0 aliphatic rings. The molecule has 0 saturated heterocycles. The second-order valence-electron chi connectivity index (χ2n) is 11.2. The lowest BCUT2D eigenvalue weighted by Crippen LogP contribution is -2.48. The van der Waals surface area contributed by atoms with Crippen LogP contribution in [0.3, 0.4) is 0 Å². The topological polar surface area (TPSA) is 129 Å². The number of hydrogen-bond acceptors (Lipinski definition) is 6. The average molecular weight is 536 g/mol. The molecule has 2 aromatic carbocycles. The summed E-state index contributed by atoms with van der Waals surface area (Å²) in [4.78, 5) is 30.6. The van der Waals surface area contributed by atoms with Crippen molar-refractivity contribution in [3.8, 4) is 0 Å². The Labute approximate surface area is 230 Å². The van der Waals surface area contributed by atoms with Gasteiger partial charge in [0.2, 0.25) is 5.91 Å². The zero-order chi connectivity index (χ0) is 28.4. The molecule has 1 heterocycles. The first-order valence-electron chi connectivity index (χ1n) is 13.4. The van der Waals surface area contributed by atoms with Crippen molar-refractivity contribution in [2.24, 2.45) is 11.8 Å². The van der Waals surface area contributed by atoms with Crippen molar-refractivity contribution in [3.63, 3.8) is 0 Å². The highest BCUT2D eigenvalue weighted by atomic mass is 16.6. The van der Waals surface area contributed by atoms with Crippen LogP contribution in [-0.2, 0) is 22.4 Å². The second-order valence-corrected chi connectivity index (χ2v) is 11.2. The molecule has 0 fully saturated rings. The standard InChI is InChI=1S/C30H41N5O4/c1-20(2)26(27-31-19-32-35-27)34-28(37)23(16-21-12-8-6-9-13-21)18-25(36)24(17-22-14-10-7-11-15-22)33-29(38)39-30(3,4)5/h6-15,19-20,23-26,36H,16-18H2,1-5H3,(H,33,38)(H,34,37)(H,31,32,35)/t23-,24-,25-,26-/m0/s1. The van der Waals surface area contributed by atoms with Crippen LogP contribution in [0.2, 0.25) is 0 Å². The Bertz CT molecular complexity index is 1150. The number of H-pyrrole nitrogens is 1. The third-order valence-corrected chi connectivity index (χ3v) is 6.38. The number of carbonyl (C=O) groups is 2. The first kappa shape index (κ1) is 29.8. The molecule has 3 aromatic rings. The van der Waals surface area contributed by atoms with Gasteiger partial charge in [-0.05, 0) is 57.1 Å². The van der Waals surface area contributed by atoms with Crippen LogP contribution in [0.4, 0.5) is 4.79 Å². The molecule has 210 valence electrons. The Hall–Kier alpha value is -3.72. The molecule has 39 heavy (non-hydrogen) atoms. The van der Waals surface area contributed by atoms with E-state index in [1.165, 1.54) is 6.33 Å². The van der Waals surface area contributed by atoms with Crippen LogP contribution in [0.5, 0.6) is 0 Å². The van der Waals surface area contributed by atoms with Crippen LogP contribution in [0.1, 0.15) is 64.0 Å². The van der Waals surface area contributed by atoms with Gasteiger partial charge in [-0.2, -0.15) is 5.10 Å². The van der Waals surface area contributed by atoms with E-state index in [1.54, 1.807) is 20.8 Å². The van der Waals surface area contributed by atoms with Crippen molar-refractivity contribution >= 4 is 12.0 Å². The number of alkyl carbamates (subject to hydrolysis) is 1. The minimum absolute atomic E-state index is 0.0591. The summed E-state index contributed by atoms with van der Waals surface area (Å²) in [6, 6.07) is 18.3. The summed E-state index contributed by atoms with van der Waals surface area (Å²) in [5.74, 6) is -0.135. The molecule has 4 N–H and O–H groups in total. The summed E-state index contributed by atoms with van der Waals surface area (Å²) < 4.78 is 5.47. The third-order valence-electron chi connectivity index (χ3n) is 6.38. The fourth-order valence-corrected chi connectivity index (χ4v) is 4.43. The van der Waals surface area contributed by atoms with E-state index in [4.69, 9.17) is 4.74 Å². The van der Waals surface area contributed by atoms with E-state index in [1.807, 2.05) is 74.5 Å². The van der Waals surface area contributed by atoms with Crippen molar-refractivity contribution in [3.05, 3.63) is 83.9 Å². The maximum absolute atomic E-state index is 13.7. The Morgan fingerprint density at radius 2 is 1.54 bits per heavy atom. The van der Waals surface area contributed by atoms with E-state index >= 15 is 0 Å². The van der Waals surface area contributed by atoms with Crippen LogP contribution in [0.15, 0.2) is 67.0 Å². The summed E-state index contributed by atoms with van der Waals surface area (Å²) >= 11 is 0. The molecular weight excluding hydrogens is 494 g/mol. The predicted octanol–water partition coefficient (Wildman–Crippen LogP) is 4.36. The maximum atomic E-state index is 13.7. The van der Waals surface area contributed by atoms with Gasteiger partial charge in [-0.15, -0.1) is 0 Å². The molecule has 0 aliphatic carbocycles. The zero-order valence-electron chi connectivity index (χ0n) is 23.4. The van der Waals surface area contributed by atoms with E-state index in [-0.39, 0.29) is 24.3 Å². The molecule has 0 radical (unpaired) electrons. The van der Waals surface area contributed by atoms with Gasteiger partial charge in [0.15, 0.2) is 0 Å². The van der Waals surface area contributed by atoms with Crippen molar-refractivity contribution in [2.45, 2.75) is 77.7 Å². The lowest BCUT2D eigenvalue weighted by molar-refractivity contribution is -0.127. The second kappa shape index (κ2) is 13.9. The van der Waals surface area contributed by atoms with Crippen molar-refractivity contribution in [2.75, 3.05) is 0 Å². The molecule has 4 atom stereocenters. The summed E-state index contributed by atoms with van der Waals surface area (Å²) in [6.45, 7) is 9.35. The quantitative estimate of drug-likeness (QED) is 0.273. The molecule has 0 aliphatic heterocycles. The molecular formula is C30H41N5O4. The Balaban J connectivity index is 1.83. The predicted molar refractivity (Wildman–Crippen MR) is 150 cm³/mol. The van der Waals surface area contributed by atoms with Crippen molar-refractivity contribution in [1.29, 1.82) is 0 Å². The monoisotopic (exact) mass is 535 g/mol. The Morgan fingerprint density at radius 3 is 2.05 bits per heavy atom. The number of nitrogens with one attached hydrogen (secondary N) is 3. The molecule has 0 bridgehead atoms. The van der Waals surface area contributed by atoms with E-state index in [2.05, 4.69) is 25.8 Å². The number of rotatable bonds is 12. The summed E-state index contributed by atoms with van der Waals surface area (Å²) in [5, 5.41) is 24.2. The number of aromatic amines is 1. The van der Waals surface area contributed by atoms with Crippen LogP contribution < -0.4 is 10.6 Å². The van der Waals surface area contributed by atoms with E-state index in [0.29, 0.717) is 18.7 Å². The lowest BCUT2D eigenvalue weighted by Gasteiger charge is -2.30. The van der Waals surface area contributed by atoms with Gasteiger partial charge in [-0.3, -0.25) is 9.89 Å². The summed E-state index contributed by atoms with van der Waals surface area (Å²) in [6.07, 6.45) is 0.730. The van der Waals surface area contributed by atoms with Gasteiger partial charge in [-0.25, -0.2) is 9.78 Å². The van der Waals surface area contributed by atoms with Gasteiger partial charge in [0.25, 0.3) is 0 Å². The number of aliphatic hydroxyl groups is 1. The van der Waals surface area contributed by atoms with Gasteiger partial charge < -0.3 is 20.5 Å². The SMILES string of the molecule is CC(C)[C@H](NC(=O)[C@@H](Cc1ccccc1)C[C@H](O)[C@H](Cc1ccccc1)NC(=O)OC(C)(C)C)c1ncn[nH]1. The fourth-order valence-electron chi connectivity index (χ4n) is 4.43. The van der Waals surface area contributed by atoms with Crippen molar-refractivity contribution < 1.29 is 19.4 Å². The fraction of sp³-hybridized carbons (Fsp3) is 0.467. The minimum atomic E-state index is -1.01. The maximum Gasteiger partial charge on any atom is 0.407 e. The van der Waals surface area contributed by atoms with Gasteiger partial charge in [0.1, 0.15) is 17.8 Å². The molecule has 2 amide bonds. The number of nitrogens with zero attached hydrogens (tertiary/aromatic N) is 2.